The molecule has 0 saturated heterocycles. The standard InChI is InChI=1S/C12H18BN.C2H6/c1-4-14-12(2,3)11-7-5-10(9-13)6-8-11;1-2/h5-8,14H,4,9H2,1-3H3;1-2H3. The molecule has 0 atom stereocenters. The Hall–Kier alpha value is -0.755. The lowest BCUT2D eigenvalue weighted by atomic mass is 9.90. The maximum Gasteiger partial charge on any atom is 0.0716 e. The second kappa shape index (κ2) is 7.51. The maximum atomic E-state index is 5.55. The summed E-state index contributed by atoms with van der Waals surface area (Å²) >= 11 is 0. The Balaban J connectivity index is 0.00000106. The Morgan fingerprint density at radius 1 is 1.12 bits per heavy atom. The molecule has 0 unspecified atom stereocenters. The minimum absolute atomic E-state index is 0.0435. The van der Waals surface area contributed by atoms with Gasteiger partial charge in [-0.2, -0.15) is 0 Å². The van der Waals surface area contributed by atoms with Gasteiger partial charge in [0.2, 0.25) is 0 Å². The highest BCUT2D eigenvalue weighted by Crippen LogP contribution is 2.19. The summed E-state index contributed by atoms with van der Waals surface area (Å²) < 4.78 is 0. The third kappa shape index (κ3) is 4.40. The molecule has 16 heavy (non-hydrogen) atoms. The highest BCUT2D eigenvalue weighted by atomic mass is 14.9. The second-order valence-corrected chi connectivity index (χ2v) is 4.06. The summed E-state index contributed by atoms with van der Waals surface area (Å²) in [5.41, 5.74) is 2.53. The first-order valence-corrected chi connectivity index (χ1v) is 6.14. The average Bonchev–Trinajstić information content (AvgIpc) is 2.32. The van der Waals surface area contributed by atoms with Crippen molar-refractivity contribution in [2.24, 2.45) is 0 Å². The Kier molecular flexibility index (Phi) is 7.15. The molecule has 1 rings (SSSR count). The van der Waals surface area contributed by atoms with E-state index in [-0.39, 0.29) is 5.54 Å². The third-order valence-corrected chi connectivity index (χ3v) is 2.53. The topological polar surface area (TPSA) is 12.0 Å². The van der Waals surface area contributed by atoms with Crippen molar-refractivity contribution in [3.63, 3.8) is 0 Å². The summed E-state index contributed by atoms with van der Waals surface area (Å²) in [6.45, 7) is 11.5. The van der Waals surface area contributed by atoms with Crippen molar-refractivity contribution in [2.45, 2.75) is 46.5 Å². The van der Waals surface area contributed by atoms with Gasteiger partial charge in [0.1, 0.15) is 0 Å². The molecule has 0 saturated carbocycles. The van der Waals surface area contributed by atoms with Gasteiger partial charge in [-0.1, -0.05) is 56.9 Å². The second-order valence-electron chi connectivity index (χ2n) is 4.06. The van der Waals surface area contributed by atoms with Crippen molar-refractivity contribution in [3.05, 3.63) is 35.4 Å². The van der Waals surface area contributed by atoms with Crippen molar-refractivity contribution in [3.8, 4) is 0 Å². The quantitative estimate of drug-likeness (QED) is 0.763. The summed E-state index contributed by atoms with van der Waals surface area (Å²) in [5.74, 6) is 0. The van der Waals surface area contributed by atoms with E-state index in [0.717, 1.165) is 6.54 Å². The molecule has 0 spiro atoms. The minimum Gasteiger partial charge on any atom is -0.308 e. The van der Waals surface area contributed by atoms with Crippen LogP contribution in [0.3, 0.4) is 0 Å². The molecule has 0 bridgehead atoms. The zero-order valence-corrected chi connectivity index (χ0v) is 11.3. The maximum absolute atomic E-state index is 5.55. The van der Waals surface area contributed by atoms with Crippen molar-refractivity contribution in [1.82, 2.24) is 5.32 Å². The van der Waals surface area contributed by atoms with E-state index in [2.05, 4.69) is 50.4 Å². The summed E-state index contributed by atoms with van der Waals surface area (Å²) in [7, 11) is 5.55. The van der Waals surface area contributed by atoms with Crippen LogP contribution >= 0.6 is 0 Å². The van der Waals surface area contributed by atoms with Crippen LogP contribution < -0.4 is 5.32 Å². The van der Waals surface area contributed by atoms with E-state index in [4.69, 9.17) is 7.85 Å². The van der Waals surface area contributed by atoms with Gasteiger partial charge in [-0.05, 0) is 26.0 Å². The fourth-order valence-electron chi connectivity index (χ4n) is 1.60. The average molecular weight is 217 g/mol. The molecule has 0 aliphatic carbocycles. The molecule has 1 nitrogen and oxygen atoms in total. The normalized spacial score (nSPS) is 10.6. The lowest BCUT2D eigenvalue weighted by Gasteiger charge is -2.26. The van der Waals surface area contributed by atoms with Crippen LogP contribution in [0.2, 0.25) is 0 Å². The Bertz CT molecular complexity index is 277. The van der Waals surface area contributed by atoms with E-state index in [0.29, 0.717) is 6.32 Å². The third-order valence-electron chi connectivity index (χ3n) is 2.53. The largest absolute Gasteiger partial charge is 0.308 e. The number of rotatable bonds is 4. The van der Waals surface area contributed by atoms with Crippen molar-refractivity contribution < 1.29 is 0 Å². The molecule has 0 fully saturated rings. The van der Waals surface area contributed by atoms with Gasteiger partial charge in [0, 0.05) is 5.54 Å². The van der Waals surface area contributed by atoms with Crippen LogP contribution in [-0.4, -0.2) is 14.4 Å². The molecule has 88 valence electrons. The zero-order chi connectivity index (χ0) is 12.6. The highest BCUT2D eigenvalue weighted by Gasteiger charge is 2.17. The van der Waals surface area contributed by atoms with E-state index in [1.807, 2.05) is 13.8 Å². The minimum atomic E-state index is 0.0435. The first-order valence-electron chi connectivity index (χ1n) is 6.14. The van der Waals surface area contributed by atoms with Crippen LogP contribution in [0.25, 0.3) is 0 Å². The Morgan fingerprint density at radius 3 is 2.00 bits per heavy atom. The fraction of sp³-hybridized carbons (Fsp3) is 0.571. The van der Waals surface area contributed by atoms with E-state index in [1.54, 1.807) is 0 Å². The molecule has 1 aromatic carbocycles. The molecule has 0 amide bonds. The van der Waals surface area contributed by atoms with Gasteiger partial charge in [-0.3, -0.25) is 0 Å². The summed E-state index contributed by atoms with van der Waals surface area (Å²) in [4.78, 5) is 0. The van der Waals surface area contributed by atoms with Gasteiger partial charge in [0.25, 0.3) is 0 Å². The predicted octanol–water partition coefficient (Wildman–Crippen LogP) is 3.23. The Labute approximate surface area is 102 Å². The molecular weight excluding hydrogens is 193 g/mol. The number of nitrogens with one attached hydrogen (secondary N) is 1. The van der Waals surface area contributed by atoms with E-state index < -0.39 is 0 Å². The van der Waals surface area contributed by atoms with Crippen molar-refractivity contribution in [2.75, 3.05) is 6.54 Å². The van der Waals surface area contributed by atoms with Gasteiger partial charge < -0.3 is 5.32 Å². The molecule has 2 heteroatoms. The predicted molar refractivity (Wildman–Crippen MR) is 74.0 cm³/mol. The smallest absolute Gasteiger partial charge is 0.0716 e. The van der Waals surface area contributed by atoms with Crippen molar-refractivity contribution in [1.29, 1.82) is 0 Å². The summed E-state index contributed by atoms with van der Waals surface area (Å²) in [5, 5.41) is 3.44. The van der Waals surface area contributed by atoms with Gasteiger partial charge in [0.15, 0.2) is 0 Å². The highest BCUT2D eigenvalue weighted by molar-refractivity contribution is 6.08. The Morgan fingerprint density at radius 2 is 1.62 bits per heavy atom. The van der Waals surface area contributed by atoms with E-state index >= 15 is 0 Å². The number of benzene rings is 1. The molecule has 0 aliphatic rings. The molecule has 1 aromatic rings. The molecule has 0 heterocycles. The first-order chi connectivity index (χ1) is 7.60. The van der Waals surface area contributed by atoms with Gasteiger partial charge >= 0.3 is 0 Å². The first kappa shape index (κ1) is 15.2. The van der Waals surface area contributed by atoms with Crippen LogP contribution in [0.5, 0.6) is 0 Å². The summed E-state index contributed by atoms with van der Waals surface area (Å²) in [6.07, 6.45) is 0.613. The monoisotopic (exact) mass is 217 g/mol. The molecular formula is C14H24BN. The molecule has 0 aliphatic heterocycles. The zero-order valence-electron chi connectivity index (χ0n) is 11.3. The van der Waals surface area contributed by atoms with Crippen LogP contribution in [0, 0.1) is 0 Å². The number of hydrogen-bond donors (Lipinski definition) is 1. The molecule has 2 radical (unpaired) electrons. The van der Waals surface area contributed by atoms with Crippen LogP contribution in [0.4, 0.5) is 0 Å². The summed E-state index contributed by atoms with van der Waals surface area (Å²) in [6, 6.07) is 8.47. The lowest BCUT2D eigenvalue weighted by molar-refractivity contribution is 0.416. The van der Waals surface area contributed by atoms with Gasteiger partial charge in [-0.25, -0.2) is 0 Å². The van der Waals surface area contributed by atoms with Gasteiger partial charge in [0.05, 0.1) is 7.85 Å². The van der Waals surface area contributed by atoms with Gasteiger partial charge in [-0.15, -0.1) is 0 Å². The van der Waals surface area contributed by atoms with Crippen LogP contribution in [-0.2, 0) is 11.9 Å². The number of hydrogen-bond acceptors (Lipinski definition) is 1. The van der Waals surface area contributed by atoms with E-state index in [1.165, 1.54) is 11.1 Å². The molecule has 0 aromatic heterocycles. The van der Waals surface area contributed by atoms with Crippen LogP contribution in [0.15, 0.2) is 24.3 Å². The van der Waals surface area contributed by atoms with E-state index in [9.17, 15) is 0 Å². The van der Waals surface area contributed by atoms with Crippen molar-refractivity contribution >= 4 is 7.85 Å². The fourth-order valence-corrected chi connectivity index (χ4v) is 1.60. The van der Waals surface area contributed by atoms with Crippen LogP contribution in [0.1, 0.15) is 45.7 Å². The molecule has 1 N–H and O–H groups in total. The SMILES string of the molecule is CC.[B]Cc1ccc(C(C)(C)NCC)cc1. The lowest BCUT2D eigenvalue weighted by Crippen LogP contribution is -2.36.